The minimum absolute atomic E-state index is 0.00219. The fraction of sp³-hybridized carbons (Fsp3) is 0.484. The number of esters is 1. The van der Waals surface area contributed by atoms with Crippen LogP contribution in [0.1, 0.15) is 30.0 Å². The molecule has 3 aromatic rings. The summed E-state index contributed by atoms with van der Waals surface area (Å²) in [5.41, 5.74) is 1.08. The Kier molecular flexibility index (Phi) is 9.07. The number of aliphatic hydroxyl groups excluding tert-OH is 4. The molecule has 2 aromatic heterocycles. The average molecular weight is 642 g/mol. The molecule has 6 atom stereocenters. The molecule has 3 aliphatic rings. The smallest absolute Gasteiger partial charge is 0.408 e. The number of rotatable bonds is 10. The van der Waals surface area contributed by atoms with Crippen LogP contribution >= 0.6 is 0 Å². The highest BCUT2D eigenvalue weighted by molar-refractivity contribution is 5.88. The zero-order valence-corrected chi connectivity index (χ0v) is 25.0. The molecule has 6 rings (SSSR count). The van der Waals surface area contributed by atoms with Gasteiger partial charge in [-0.2, -0.15) is 0 Å². The van der Waals surface area contributed by atoms with Gasteiger partial charge in [-0.15, -0.1) is 0 Å². The van der Waals surface area contributed by atoms with Gasteiger partial charge in [0.15, 0.2) is 6.29 Å². The molecule has 15 heteroatoms. The molecule has 0 unspecified atom stereocenters. The lowest BCUT2D eigenvalue weighted by Gasteiger charge is -2.39. The first-order valence-electron chi connectivity index (χ1n) is 15.0. The molecule has 3 aliphatic heterocycles. The number of pyridine rings is 2. The predicted molar refractivity (Wildman–Crippen MR) is 157 cm³/mol. The van der Waals surface area contributed by atoms with Crippen LogP contribution < -0.4 is 10.9 Å². The number of ether oxygens (including phenoxy) is 5. The van der Waals surface area contributed by atoms with E-state index >= 15 is 0 Å². The fourth-order valence-corrected chi connectivity index (χ4v) is 6.03. The van der Waals surface area contributed by atoms with Crippen molar-refractivity contribution in [2.75, 3.05) is 33.0 Å². The van der Waals surface area contributed by atoms with Gasteiger partial charge in [0.25, 0.3) is 5.56 Å². The van der Waals surface area contributed by atoms with Crippen LogP contribution in [0.25, 0.3) is 22.3 Å². The van der Waals surface area contributed by atoms with Gasteiger partial charge in [0.1, 0.15) is 31.0 Å². The van der Waals surface area contributed by atoms with Gasteiger partial charge in [-0.05, 0) is 24.6 Å². The van der Waals surface area contributed by atoms with Crippen molar-refractivity contribution in [3.05, 3.63) is 63.4 Å². The van der Waals surface area contributed by atoms with Crippen molar-refractivity contribution in [2.24, 2.45) is 0 Å². The summed E-state index contributed by atoms with van der Waals surface area (Å²) < 4.78 is 28.7. The number of alkyl carbamates (subject to hydrolysis) is 1. The third-order valence-corrected chi connectivity index (χ3v) is 8.53. The number of carbonyl (C=O) groups excluding carboxylic acids is 2. The molecule has 1 amide bonds. The van der Waals surface area contributed by atoms with Crippen molar-refractivity contribution in [3.63, 3.8) is 0 Å². The number of amides is 1. The number of carbonyl (C=O) groups is 2. The fourth-order valence-electron chi connectivity index (χ4n) is 6.03. The number of cyclic esters (lactones) is 1. The van der Waals surface area contributed by atoms with E-state index < -0.39 is 55.0 Å². The Morgan fingerprint density at radius 3 is 2.70 bits per heavy atom. The monoisotopic (exact) mass is 641 g/mol. The van der Waals surface area contributed by atoms with Gasteiger partial charge >= 0.3 is 12.1 Å². The average Bonchev–Trinajstić information content (AvgIpc) is 3.42. The molecular formula is C31H35N3O12. The van der Waals surface area contributed by atoms with E-state index in [1.807, 2.05) is 30.3 Å². The van der Waals surface area contributed by atoms with Crippen LogP contribution in [0.3, 0.4) is 0 Å². The van der Waals surface area contributed by atoms with Gasteiger partial charge in [-0.25, -0.2) is 14.6 Å². The Labute approximate surface area is 262 Å². The lowest BCUT2D eigenvalue weighted by Crippen LogP contribution is -2.59. The molecule has 0 saturated carbocycles. The number of fused-ring (bicyclic) bond motifs is 5. The molecule has 0 bridgehead atoms. The molecule has 15 nitrogen and oxygen atoms in total. The number of hydrogen-bond donors (Lipinski definition) is 5. The van der Waals surface area contributed by atoms with Gasteiger partial charge in [-0.3, -0.25) is 4.79 Å². The van der Waals surface area contributed by atoms with E-state index in [0.717, 1.165) is 16.5 Å². The number of nitrogens with zero attached hydrogens (tertiary/aromatic N) is 2. The maximum atomic E-state index is 13.6. The number of hydrogen-bond acceptors (Lipinski definition) is 13. The molecule has 5 heterocycles. The van der Waals surface area contributed by atoms with Crippen LogP contribution in [0.15, 0.2) is 41.2 Å². The number of nitrogens with one attached hydrogen (secondary N) is 1. The first-order chi connectivity index (χ1) is 22.2. The molecule has 0 spiro atoms. The summed E-state index contributed by atoms with van der Waals surface area (Å²) in [6.45, 7) is 1.13. The predicted octanol–water partition coefficient (Wildman–Crippen LogP) is -0.353. The molecule has 1 saturated heterocycles. The van der Waals surface area contributed by atoms with Gasteiger partial charge in [0, 0.05) is 23.1 Å². The third kappa shape index (κ3) is 5.64. The van der Waals surface area contributed by atoms with Crippen molar-refractivity contribution in [1.29, 1.82) is 0 Å². The van der Waals surface area contributed by atoms with Gasteiger partial charge < -0.3 is 54.0 Å². The quantitative estimate of drug-likeness (QED) is 0.111. The molecule has 5 N–H and O–H groups in total. The van der Waals surface area contributed by atoms with Gasteiger partial charge in [0.05, 0.1) is 55.4 Å². The summed E-state index contributed by atoms with van der Waals surface area (Å²) in [5, 5.41) is 42.4. The summed E-state index contributed by atoms with van der Waals surface area (Å²) >= 11 is 0. The zero-order chi connectivity index (χ0) is 32.6. The Hall–Kier alpha value is -3.96. The molecular weight excluding hydrogens is 606 g/mol. The molecule has 1 aromatic carbocycles. The first kappa shape index (κ1) is 32.0. The number of para-hydroxylation sites is 1. The summed E-state index contributed by atoms with van der Waals surface area (Å²) in [6.07, 6.45) is -7.86. The standard InChI is InChI=1S/C31H35N3O12/c1-2-31(46-30(41)32-7-8-42-9-10-43-28-26(38)25(37)24(36)22(14-35)45-28)19-12-21-23-17(11-16-5-3-4-6-20(16)33-23)13-34(21)27(39)18(19)15-44-29(31)40/h3-6,11-12,22,24-26,28,35-38H,2,7-10,13-15H2,1H3,(H,32,41)/t22-,24-,25+,26+,28-,31+/m1/s1. The van der Waals surface area contributed by atoms with Crippen LogP contribution in [0, 0.1) is 0 Å². The molecule has 246 valence electrons. The first-order valence-corrected chi connectivity index (χ1v) is 15.0. The minimum Gasteiger partial charge on any atom is -0.457 e. The van der Waals surface area contributed by atoms with Crippen molar-refractivity contribution in [2.45, 2.75) is 62.8 Å². The molecule has 46 heavy (non-hydrogen) atoms. The highest BCUT2D eigenvalue weighted by atomic mass is 16.7. The van der Waals surface area contributed by atoms with Gasteiger partial charge in [0.2, 0.25) is 5.60 Å². The van der Waals surface area contributed by atoms with E-state index in [-0.39, 0.29) is 56.1 Å². The normalized spacial score (nSPS) is 26.6. The second kappa shape index (κ2) is 13.0. The van der Waals surface area contributed by atoms with E-state index in [2.05, 4.69) is 5.32 Å². The Bertz CT molecular complexity index is 1690. The largest absolute Gasteiger partial charge is 0.457 e. The van der Waals surface area contributed by atoms with Crippen LogP contribution in [0.5, 0.6) is 0 Å². The van der Waals surface area contributed by atoms with E-state index in [4.69, 9.17) is 28.7 Å². The molecule has 0 radical (unpaired) electrons. The van der Waals surface area contributed by atoms with Crippen molar-refractivity contribution < 1.29 is 53.7 Å². The summed E-state index contributed by atoms with van der Waals surface area (Å²) in [4.78, 5) is 44.5. The highest BCUT2D eigenvalue weighted by Crippen LogP contribution is 2.41. The lowest BCUT2D eigenvalue weighted by atomic mass is 9.85. The van der Waals surface area contributed by atoms with Crippen LogP contribution in [0.4, 0.5) is 4.79 Å². The van der Waals surface area contributed by atoms with E-state index in [0.29, 0.717) is 17.9 Å². The molecule has 1 fully saturated rings. The maximum absolute atomic E-state index is 13.6. The highest BCUT2D eigenvalue weighted by Gasteiger charge is 2.50. The van der Waals surface area contributed by atoms with E-state index in [1.165, 1.54) is 0 Å². The zero-order valence-electron chi connectivity index (χ0n) is 25.0. The SMILES string of the molecule is CC[C@@]1(OC(=O)NCCOCCO[C@@H]2O[C@H](CO)[C@@H](O)[C@H](O)[C@@H]2O)C(=O)OCc2c1cc1n(c2=O)Cc2cc3ccccc3nc2-1. The minimum atomic E-state index is -1.86. The Morgan fingerprint density at radius 2 is 1.91 bits per heavy atom. The number of aromatic nitrogens is 2. The Morgan fingerprint density at radius 1 is 1.11 bits per heavy atom. The van der Waals surface area contributed by atoms with E-state index in [1.54, 1.807) is 17.6 Å². The summed E-state index contributed by atoms with van der Waals surface area (Å²) in [6, 6.07) is 11.3. The lowest BCUT2D eigenvalue weighted by molar-refractivity contribution is -0.302. The summed E-state index contributed by atoms with van der Waals surface area (Å²) in [7, 11) is 0. The van der Waals surface area contributed by atoms with E-state index in [9.17, 15) is 34.8 Å². The van der Waals surface area contributed by atoms with Crippen molar-refractivity contribution in [1.82, 2.24) is 14.9 Å². The maximum Gasteiger partial charge on any atom is 0.408 e. The summed E-state index contributed by atoms with van der Waals surface area (Å²) in [5.74, 6) is -0.784. The van der Waals surface area contributed by atoms with Gasteiger partial charge in [-0.1, -0.05) is 25.1 Å². The van der Waals surface area contributed by atoms with Crippen LogP contribution in [-0.4, -0.2) is 106 Å². The van der Waals surface area contributed by atoms with Crippen molar-refractivity contribution >= 4 is 23.0 Å². The van der Waals surface area contributed by atoms with Crippen molar-refractivity contribution in [3.8, 4) is 11.4 Å². The second-order valence-corrected chi connectivity index (χ2v) is 11.3. The van der Waals surface area contributed by atoms with Crippen LogP contribution in [0.2, 0.25) is 0 Å². The Balaban J connectivity index is 1.08. The third-order valence-electron chi connectivity index (χ3n) is 8.53. The topological polar surface area (TPSA) is 208 Å². The molecule has 0 aliphatic carbocycles. The van der Waals surface area contributed by atoms with Crippen LogP contribution in [-0.2, 0) is 47.2 Å². The number of aliphatic hydroxyl groups is 4. The number of benzene rings is 1. The second-order valence-electron chi connectivity index (χ2n) is 11.3.